The van der Waals surface area contributed by atoms with Gasteiger partial charge in [0.05, 0.1) is 25.9 Å². The number of esters is 1. The van der Waals surface area contributed by atoms with Crippen molar-refractivity contribution in [1.29, 1.82) is 5.26 Å². The second kappa shape index (κ2) is 9.98. The number of methoxy groups -OCH3 is 1. The normalized spacial score (nSPS) is 13.9. The van der Waals surface area contributed by atoms with Gasteiger partial charge in [-0.2, -0.15) is 5.26 Å². The molecular formula is C26H22N2O5. The van der Waals surface area contributed by atoms with E-state index in [0.717, 1.165) is 10.8 Å². The first kappa shape index (κ1) is 22.1. The van der Waals surface area contributed by atoms with Crippen molar-refractivity contribution in [3.05, 3.63) is 77.4 Å². The topological polar surface area (TPSA) is 88.9 Å². The summed E-state index contributed by atoms with van der Waals surface area (Å²) in [6.07, 6.45) is 1.50. The zero-order valence-corrected chi connectivity index (χ0v) is 18.1. The molecule has 0 aliphatic carbocycles. The highest BCUT2D eigenvalue weighted by atomic mass is 16.6. The number of benzene rings is 3. The Morgan fingerprint density at radius 1 is 1.03 bits per heavy atom. The van der Waals surface area contributed by atoms with Gasteiger partial charge in [-0.25, -0.2) is 4.79 Å². The first-order valence-electron chi connectivity index (χ1n) is 10.5. The van der Waals surface area contributed by atoms with Gasteiger partial charge in [0.15, 0.2) is 11.5 Å². The van der Waals surface area contributed by atoms with E-state index in [9.17, 15) is 14.9 Å². The lowest BCUT2D eigenvalue weighted by Crippen LogP contribution is -2.41. The molecule has 0 saturated carbocycles. The summed E-state index contributed by atoms with van der Waals surface area (Å²) in [6.45, 7) is 1.80. The third-order valence-electron chi connectivity index (χ3n) is 5.36. The van der Waals surface area contributed by atoms with Gasteiger partial charge in [0, 0.05) is 13.1 Å². The molecule has 0 unspecified atom stereocenters. The van der Waals surface area contributed by atoms with Crippen LogP contribution in [0.25, 0.3) is 16.8 Å². The molecule has 166 valence electrons. The number of nitriles is 1. The lowest BCUT2D eigenvalue weighted by Gasteiger charge is -2.26. The standard InChI is InChI=1S/C26H22N2O5/c1-31-24-16-18(15-20(17-27)25(29)28-11-13-32-14-12-28)9-10-23(24)33-26(30)22-8-4-6-19-5-2-3-7-21(19)22/h2-10,15-16H,11-14H2,1H3/b20-15+. The number of hydrogen-bond acceptors (Lipinski definition) is 6. The van der Waals surface area contributed by atoms with Crippen molar-refractivity contribution < 1.29 is 23.8 Å². The number of amides is 1. The Balaban J connectivity index is 1.57. The van der Waals surface area contributed by atoms with E-state index in [4.69, 9.17) is 14.2 Å². The van der Waals surface area contributed by atoms with Gasteiger partial charge in [-0.1, -0.05) is 42.5 Å². The van der Waals surface area contributed by atoms with Gasteiger partial charge in [0.1, 0.15) is 11.6 Å². The Morgan fingerprint density at radius 2 is 1.79 bits per heavy atom. The quantitative estimate of drug-likeness (QED) is 0.258. The van der Waals surface area contributed by atoms with Crippen LogP contribution in [0.15, 0.2) is 66.2 Å². The van der Waals surface area contributed by atoms with Crippen LogP contribution < -0.4 is 9.47 Å². The summed E-state index contributed by atoms with van der Waals surface area (Å²) in [5.41, 5.74) is 1.04. The number of carbonyl (C=O) groups excluding carboxylic acids is 2. The minimum absolute atomic E-state index is 0.0134. The Bertz CT molecular complexity index is 1260. The van der Waals surface area contributed by atoms with E-state index < -0.39 is 5.97 Å². The lowest BCUT2D eigenvalue weighted by atomic mass is 10.0. The molecule has 7 nitrogen and oxygen atoms in total. The third kappa shape index (κ3) is 4.86. The highest BCUT2D eigenvalue weighted by molar-refractivity contribution is 6.05. The van der Waals surface area contributed by atoms with Gasteiger partial charge >= 0.3 is 5.97 Å². The molecule has 7 heteroatoms. The molecule has 0 bridgehead atoms. The van der Waals surface area contributed by atoms with E-state index >= 15 is 0 Å². The maximum absolute atomic E-state index is 12.9. The second-order valence-electron chi connectivity index (χ2n) is 7.40. The molecular weight excluding hydrogens is 420 g/mol. The molecule has 1 heterocycles. The van der Waals surface area contributed by atoms with Crippen molar-refractivity contribution in [3.8, 4) is 17.6 Å². The molecule has 0 spiro atoms. The molecule has 3 aromatic carbocycles. The van der Waals surface area contributed by atoms with E-state index in [-0.39, 0.29) is 17.2 Å². The summed E-state index contributed by atoms with van der Waals surface area (Å²) in [7, 11) is 1.46. The van der Waals surface area contributed by atoms with Gasteiger partial charge in [-0.15, -0.1) is 0 Å². The monoisotopic (exact) mass is 442 g/mol. The third-order valence-corrected chi connectivity index (χ3v) is 5.36. The number of carbonyl (C=O) groups is 2. The van der Waals surface area contributed by atoms with Crippen LogP contribution in [0.3, 0.4) is 0 Å². The number of hydrogen-bond donors (Lipinski definition) is 0. The number of ether oxygens (including phenoxy) is 3. The molecule has 3 aromatic rings. The maximum Gasteiger partial charge on any atom is 0.344 e. The van der Waals surface area contributed by atoms with E-state index in [0.29, 0.717) is 43.2 Å². The Morgan fingerprint density at radius 3 is 2.55 bits per heavy atom. The Labute approximate surface area is 191 Å². The second-order valence-corrected chi connectivity index (χ2v) is 7.40. The van der Waals surface area contributed by atoms with Crippen molar-refractivity contribution in [3.63, 3.8) is 0 Å². The van der Waals surface area contributed by atoms with Gasteiger partial charge in [-0.3, -0.25) is 4.79 Å². The summed E-state index contributed by atoms with van der Waals surface area (Å²) in [5.74, 6) is -0.293. The minimum atomic E-state index is -0.506. The first-order valence-corrected chi connectivity index (χ1v) is 10.5. The fourth-order valence-corrected chi connectivity index (χ4v) is 3.66. The van der Waals surface area contributed by atoms with Crippen molar-refractivity contribution in [2.75, 3.05) is 33.4 Å². The van der Waals surface area contributed by atoms with E-state index in [1.165, 1.54) is 13.2 Å². The molecule has 1 aliphatic heterocycles. The van der Waals surface area contributed by atoms with Crippen LogP contribution in [0.1, 0.15) is 15.9 Å². The molecule has 0 aromatic heterocycles. The smallest absolute Gasteiger partial charge is 0.344 e. The van der Waals surface area contributed by atoms with Crippen LogP contribution >= 0.6 is 0 Å². The molecule has 4 rings (SSSR count). The average Bonchev–Trinajstić information content (AvgIpc) is 2.87. The van der Waals surface area contributed by atoms with Gasteiger partial charge < -0.3 is 19.1 Å². The highest BCUT2D eigenvalue weighted by Gasteiger charge is 2.21. The zero-order chi connectivity index (χ0) is 23.2. The van der Waals surface area contributed by atoms with Crippen LogP contribution in [-0.2, 0) is 9.53 Å². The van der Waals surface area contributed by atoms with Crippen LogP contribution in [-0.4, -0.2) is 50.2 Å². The number of fused-ring (bicyclic) bond motifs is 1. The Kier molecular flexibility index (Phi) is 6.67. The molecule has 33 heavy (non-hydrogen) atoms. The summed E-state index contributed by atoms with van der Waals surface area (Å²) in [4.78, 5) is 27.1. The van der Waals surface area contributed by atoms with Gasteiger partial charge in [0.2, 0.25) is 0 Å². The number of nitrogens with zero attached hydrogens (tertiary/aromatic N) is 2. The first-order chi connectivity index (χ1) is 16.1. The van der Waals surface area contributed by atoms with Crippen LogP contribution in [0.4, 0.5) is 0 Å². The molecule has 1 saturated heterocycles. The summed E-state index contributed by atoms with van der Waals surface area (Å²) in [5, 5.41) is 11.2. The number of morpholine rings is 1. The highest BCUT2D eigenvalue weighted by Crippen LogP contribution is 2.30. The molecule has 0 radical (unpaired) electrons. The van der Waals surface area contributed by atoms with Crippen molar-refractivity contribution in [1.82, 2.24) is 4.90 Å². The number of rotatable bonds is 5. The zero-order valence-electron chi connectivity index (χ0n) is 18.1. The SMILES string of the molecule is COc1cc(/C=C(\C#N)C(=O)N2CCOCC2)ccc1OC(=O)c1cccc2ccccc12. The fourth-order valence-electron chi connectivity index (χ4n) is 3.66. The fraction of sp³-hybridized carbons (Fsp3) is 0.192. The largest absolute Gasteiger partial charge is 0.493 e. The van der Waals surface area contributed by atoms with E-state index in [1.807, 2.05) is 36.4 Å². The van der Waals surface area contributed by atoms with Crippen LogP contribution in [0, 0.1) is 11.3 Å². The molecule has 0 N–H and O–H groups in total. The van der Waals surface area contributed by atoms with Gasteiger partial charge in [0.25, 0.3) is 5.91 Å². The maximum atomic E-state index is 12.9. The average molecular weight is 442 g/mol. The predicted octanol–water partition coefficient (Wildman–Crippen LogP) is 3.83. The summed E-state index contributed by atoms with van der Waals surface area (Å²) in [6, 6.07) is 19.9. The van der Waals surface area contributed by atoms with Gasteiger partial charge in [-0.05, 0) is 40.6 Å². The van der Waals surface area contributed by atoms with Crippen LogP contribution in [0.2, 0.25) is 0 Å². The molecule has 0 atom stereocenters. The van der Waals surface area contributed by atoms with Crippen molar-refractivity contribution in [2.45, 2.75) is 0 Å². The summed E-state index contributed by atoms with van der Waals surface area (Å²) >= 11 is 0. The lowest BCUT2D eigenvalue weighted by molar-refractivity contribution is -0.130. The molecule has 1 aliphatic rings. The van der Waals surface area contributed by atoms with Crippen LogP contribution in [0.5, 0.6) is 11.5 Å². The van der Waals surface area contributed by atoms with Crippen molar-refractivity contribution >= 4 is 28.7 Å². The predicted molar refractivity (Wildman–Crippen MR) is 123 cm³/mol. The van der Waals surface area contributed by atoms with E-state index in [1.54, 1.807) is 35.2 Å². The van der Waals surface area contributed by atoms with E-state index in [2.05, 4.69) is 0 Å². The van der Waals surface area contributed by atoms with Crippen molar-refractivity contribution in [2.24, 2.45) is 0 Å². The molecule has 1 amide bonds. The minimum Gasteiger partial charge on any atom is -0.493 e. The Hall–Kier alpha value is -4.15. The summed E-state index contributed by atoms with van der Waals surface area (Å²) < 4.78 is 16.3. The molecule has 1 fully saturated rings.